The Kier molecular flexibility index (Phi) is 2.51. The first-order valence-electron chi connectivity index (χ1n) is 3.22. The molecule has 1 heterocycles. The van der Waals surface area contributed by atoms with Gasteiger partial charge in [-0.15, -0.1) is 0 Å². The Balaban J connectivity index is 3.15. The summed E-state index contributed by atoms with van der Waals surface area (Å²) in [6, 6.07) is 0. The van der Waals surface area contributed by atoms with Gasteiger partial charge in [0.1, 0.15) is 5.69 Å². The molecule has 0 unspecified atom stereocenters. The summed E-state index contributed by atoms with van der Waals surface area (Å²) in [4.78, 5) is 0. The molecule has 0 saturated carbocycles. The SMILES string of the molecule is Cc1nn(C)c(Cl)c1OS(N)(=O)=O. The fourth-order valence-electron chi connectivity index (χ4n) is 0.821. The van der Waals surface area contributed by atoms with Crippen molar-refractivity contribution in [2.45, 2.75) is 6.92 Å². The predicted molar refractivity (Wildman–Crippen MR) is 46.7 cm³/mol. The molecule has 2 N–H and O–H groups in total. The molecule has 0 spiro atoms. The number of hydrogen-bond acceptors (Lipinski definition) is 4. The van der Waals surface area contributed by atoms with Crippen LogP contribution in [0.2, 0.25) is 5.15 Å². The summed E-state index contributed by atoms with van der Waals surface area (Å²) in [5.41, 5.74) is 0.363. The molecule has 1 aromatic rings. The quantitative estimate of drug-likeness (QED) is 0.765. The largest absolute Gasteiger partial charge is 0.380 e. The van der Waals surface area contributed by atoms with Crippen molar-refractivity contribution in [2.75, 3.05) is 0 Å². The minimum absolute atomic E-state index is 0.0355. The Labute approximate surface area is 80.5 Å². The molecule has 0 radical (unpaired) electrons. The van der Waals surface area contributed by atoms with Crippen LogP contribution in [0.25, 0.3) is 0 Å². The van der Waals surface area contributed by atoms with Crippen LogP contribution in [0.1, 0.15) is 5.69 Å². The molecule has 0 fully saturated rings. The van der Waals surface area contributed by atoms with Crippen LogP contribution in [0.5, 0.6) is 5.75 Å². The van der Waals surface area contributed by atoms with E-state index in [-0.39, 0.29) is 10.9 Å². The van der Waals surface area contributed by atoms with Gasteiger partial charge in [-0.2, -0.15) is 18.7 Å². The van der Waals surface area contributed by atoms with Gasteiger partial charge in [-0.05, 0) is 6.92 Å². The maximum absolute atomic E-state index is 10.6. The van der Waals surface area contributed by atoms with Crippen molar-refractivity contribution >= 4 is 21.9 Å². The number of hydrogen-bond donors (Lipinski definition) is 1. The Morgan fingerprint density at radius 3 is 2.46 bits per heavy atom. The van der Waals surface area contributed by atoms with Crippen LogP contribution < -0.4 is 9.32 Å². The normalized spacial score (nSPS) is 11.7. The van der Waals surface area contributed by atoms with Gasteiger partial charge in [-0.25, -0.2) is 0 Å². The molecule has 0 aliphatic rings. The van der Waals surface area contributed by atoms with Crippen molar-refractivity contribution in [1.82, 2.24) is 9.78 Å². The summed E-state index contributed by atoms with van der Waals surface area (Å²) in [5.74, 6) is -0.0355. The van der Waals surface area contributed by atoms with E-state index >= 15 is 0 Å². The Morgan fingerprint density at radius 1 is 1.62 bits per heavy atom. The zero-order valence-electron chi connectivity index (χ0n) is 6.98. The van der Waals surface area contributed by atoms with Crippen LogP contribution in [0.15, 0.2) is 0 Å². The molecule has 74 valence electrons. The topological polar surface area (TPSA) is 87.2 Å². The highest BCUT2D eigenvalue weighted by Gasteiger charge is 2.17. The Hall–Kier alpha value is -0.790. The van der Waals surface area contributed by atoms with E-state index in [0.717, 1.165) is 0 Å². The molecule has 1 rings (SSSR count). The smallest absolute Gasteiger partial charge is 0.366 e. The monoisotopic (exact) mass is 225 g/mol. The van der Waals surface area contributed by atoms with E-state index in [2.05, 4.69) is 14.4 Å². The lowest BCUT2D eigenvalue weighted by Crippen LogP contribution is -2.19. The molecule has 0 atom stereocenters. The fourth-order valence-corrected chi connectivity index (χ4v) is 1.51. The average Bonchev–Trinajstić information content (AvgIpc) is 2.14. The van der Waals surface area contributed by atoms with Crippen LogP contribution in [0.4, 0.5) is 0 Å². The Bertz CT molecular complexity index is 424. The van der Waals surface area contributed by atoms with Gasteiger partial charge in [0.2, 0.25) is 5.75 Å². The molecule has 0 aliphatic carbocycles. The van der Waals surface area contributed by atoms with Gasteiger partial charge in [-0.3, -0.25) is 4.68 Å². The van der Waals surface area contributed by atoms with Crippen molar-refractivity contribution in [1.29, 1.82) is 0 Å². The molecule has 0 bridgehead atoms. The van der Waals surface area contributed by atoms with Gasteiger partial charge in [0, 0.05) is 7.05 Å². The second kappa shape index (κ2) is 3.17. The molecule has 13 heavy (non-hydrogen) atoms. The third-order valence-corrected chi connectivity index (χ3v) is 2.11. The van der Waals surface area contributed by atoms with Gasteiger partial charge < -0.3 is 4.18 Å². The summed E-state index contributed by atoms with van der Waals surface area (Å²) in [7, 11) is -2.49. The van der Waals surface area contributed by atoms with Crippen LogP contribution in [0.3, 0.4) is 0 Å². The van der Waals surface area contributed by atoms with Crippen molar-refractivity contribution in [3.8, 4) is 5.75 Å². The molecule has 1 aromatic heterocycles. The maximum Gasteiger partial charge on any atom is 0.380 e. The van der Waals surface area contributed by atoms with E-state index in [4.69, 9.17) is 11.6 Å². The molecular weight excluding hydrogens is 218 g/mol. The fraction of sp³-hybridized carbons (Fsp3) is 0.400. The third-order valence-electron chi connectivity index (χ3n) is 1.30. The van der Waals surface area contributed by atoms with Crippen molar-refractivity contribution in [3.05, 3.63) is 10.8 Å². The number of nitrogens with zero attached hydrogens (tertiary/aromatic N) is 2. The van der Waals surface area contributed by atoms with Crippen LogP contribution in [0, 0.1) is 6.92 Å². The van der Waals surface area contributed by atoms with E-state index < -0.39 is 10.3 Å². The molecule has 0 aromatic carbocycles. The highest BCUT2D eigenvalue weighted by Crippen LogP contribution is 2.27. The maximum atomic E-state index is 10.6. The van der Waals surface area contributed by atoms with Gasteiger partial charge in [0.25, 0.3) is 0 Å². The van der Waals surface area contributed by atoms with E-state index in [0.29, 0.717) is 5.69 Å². The zero-order chi connectivity index (χ0) is 10.2. The second-order valence-corrected chi connectivity index (χ2v) is 3.92. The number of rotatable bonds is 2. The lowest BCUT2D eigenvalue weighted by atomic mass is 10.5. The highest BCUT2D eigenvalue weighted by atomic mass is 35.5. The van der Waals surface area contributed by atoms with Crippen molar-refractivity contribution < 1.29 is 12.6 Å². The summed E-state index contributed by atoms with van der Waals surface area (Å²) in [5, 5.41) is 8.59. The molecule has 0 amide bonds. The molecule has 8 heteroatoms. The standard InChI is InChI=1S/C5H8ClN3O3S/c1-3-4(12-13(7,10)11)5(6)9(2)8-3/h1-2H3,(H2,7,10,11). The average molecular weight is 226 g/mol. The minimum atomic E-state index is -4.05. The summed E-state index contributed by atoms with van der Waals surface area (Å²) < 4.78 is 26.9. The van der Waals surface area contributed by atoms with Gasteiger partial charge in [-0.1, -0.05) is 11.6 Å². The van der Waals surface area contributed by atoms with Crippen LogP contribution in [-0.4, -0.2) is 18.2 Å². The number of aryl methyl sites for hydroxylation is 2. The van der Waals surface area contributed by atoms with Gasteiger partial charge >= 0.3 is 10.3 Å². The summed E-state index contributed by atoms with van der Waals surface area (Å²) in [6.45, 7) is 1.56. The minimum Gasteiger partial charge on any atom is -0.366 e. The van der Waals surface area contributed by atoms with E-state index in [9.17, 15) is 8.42 Å². The predicted octanol–water partition coefficient (Wildman–Crippen LogP) is -0.0358. The first-order chi connectivity index (χ1) is 5.81. The van der Waals surface area contributed by atoms with E-state index in [1.54, 1.807) is 14.0 Å². The first kappa shape index (κ1) is 10.3. The van der Waals surface area contributed by atoms with Gasteiger partial charge in [0.15, 0.2) is 5.15 Å². The first-order valence-corrected chi connectivity index (χ1v) is 5.07. The van der Waals surface area contributed by atoms with Gasteiger partial charge in [0.05, 0.1) is 0 Å². The van der Waals surface area contributed by atoms with Crippen molar-refractivity contribution in [2.24, 2.45) is 12.2 Å². The number of halogens is 1. The second-order valence-electron chi connectivity index (χ2n) is 2.41. The third kappa shape index (κ3) is 2.33. The van der Waals surface area contributed by atoms with Crippen LogP contribution in [-0.2, 0) is 17.4 Å². The number of aromatic nitrogens is 2. The summed E-state index contributed by atoms with van der Waals surface area (Å²) >= 11 is 5.68. The molecule has 0 aliphatic heterocycles. The molecular formula is C5H8ClN3O3S. The zero-order valence-corrected chi connectivity index (χ0v) is 8.56. The highest BCUT2D eigenvalue weighted by molar-refractivity contribution is 7.84. The molecule has 0 saturated heterocycles. The van der Waals surface area contributed by atoms with Crippen molar-refractivity contribution in [3.63, 3.8) is 0 Å². The molecule has 6 nitrogen and oxygen atoms in total. The van der Waals surface area contributed by atoms with E-state index in [1.165, 1.54) is 4.68 Å². The summed E-state index contributed by atoms with van der Waals surface area (Å²) in [6.07, 6.45) is 0. The lowest BCUT2D eigenvalue weighted by Gasteiger charge is -1.99. The van der Waals surface area contributed by atoms with Crippen LogP contribution >= 0.6 is 11.6 Å². The number of nitrogens with two attached hydrogens (primary N) is 1. The van der Waals surface area contributed by atoms with E-state index in [1.807, 2.05) is 0 Å². The Morgan fingerprint density at radius 2 is 2.15 bits per heavy atom. The lowest BCUT2D eigenvalue weighted by molar-refractivity contribution is 0.486.